The molecule has 2 unspecified atom stereocenters. The third kappa shape index (κ3) is 2.42. The second-order valence-corrected chi connectivity index (χ2v) is 6.39. The Labute approximate surface area is 114 Å². The van der Waals surface area contributed by atoms with Gasteiger partial charge in [0.25, 0.3) is 0 Å². The van der Waals surface area contributed by atoms with Gasteiger partial charge in [0.15, 0.2) is 0 Å². The minimum atomic E-state index is 0.0697. The van der Waals surface area contributed by atoms with Crippen molar-refractivity contribution in [1.82, 2.24) is 15.2 Å². The van der Waals surface area contributed by atoms with Crippen LogP contribution in [0.4, 0.5) is 0 Å². The number of aryl methyl sites for hydroxylation is 1. The second kappa shape index (κ2) is 5.19. The average Bonchev–Trinajstić information content (AvgIpc) is 2.63. The lowest BCUT2D eigenvalue weighted by Gasteiger charge is -2.43. The molecule has 3 N–H and O–H groups in total. The molecule has 102 valence electrons. The Balaban J connectivity index is 2.33. The molecular formula is C13H23ClN4. The lowest BCUT2D eigenvalue weighted by atomic mass is 9.65. The van der Waals surface area contributed by atoms with E-state index in [1.165, 1.54) is 25.7 Å². The molecule has 18 heavy (non-hydrogen) atoms. The molecule has 0 aliphatic heterocycles. The summed E-state index contributed by atoms with van der Waals surface area (Å²) >= 11 is 6.25. The van der Waals surface area contributed by atoms with E-state index in [1.807, 2.05) is 11.7 Å². The molecule has 1 saturated carbocycles. The van der Waals surface area contributed by atoms with Gasteiger partial charge >= 0.3 is 0 Å². The predicted molar refractivity (Wildman–Crippen MR) is 74.0 cm³/mol. The Kier molecular flexibility index (Phi) is 3.99. The van der Waals surface area contributed by atoms with Gasteiger partial charge in [-0.15, -0.1) is 0 Å². The Morgan fingerprint density at radius 1 is 1.56 bits per heavy atom. The smallest absolute Gasteiger partial charge is 0.0834 e. The van der Waals surface area contributed by atoms with E-state index in [-0.39, 0.29) is 11.5 Å². The van der Waals surface area contributed by atoms with Crippen LogP contribution in [0.15, 0.2) is 6.20 Å². The SMILES string of the molecule is Cn1ncc(Cl)c1C(NN)C1CCCCC1(C)C. The maximum atomic E-state index is 6.25. The summed E-state index contributed by atoms with van der Waals surface area (Å²) in [5.41, 5.74) is 4.25. The van der Waals surface area contributed by atoms with Gasteiger partial charge in [-0.05, 0) is 24.2 Å². The summed E-state index contributed by atoms with van der Waals surface area (Å²) in [5, 5.41) is 4.91. The van der Waals surface area contributed by atoms with Crippen LogP contribution in [0.2, 0.25) is 5.02 Å². The molecule has 0 amide bonds. The van der Waals surface area contributed by atoms with Gasteiger partial charge in [-0.3, -0.25) is 16.0 Å². The number of rotatable bonds is 3. The Morgan fingerprint density at radius 3 is 2.78 bits per heavy atom. The van der Waals surface area contributed by atoms with E-state index in [2.05, 4.69) is 24.4 Å². The average molecular weight is 271 g/mol. The maximum Gasteiger partial charge on any atom is 0.0834 e. The summed E-state index contributed by atoms with van der Waals surface area (Å²) in [4.78, 5) is 0. The molecule has 0 aromatic carbocycles. The Morgan fingerprint density at radius 2 is 2.28 bits per heavy atom. The molecule has 0 bridgehead atoms. The topological polar surface area (TPSA) is 55.9 Å². The zero-order valence-electron chi connectivity index (χ0n) is 11.4. The van der Waals surface area contributed by atoms with E-state index in [0.29, 0.717) is 10.9 Å². The standard InChI is InChI=1S/C13H23ClN4/c1-13(2)7-5-4-6-9(13)11(17-15)12-10(14)8-16-18(12)3/h8-9,11,17H,4-7,15H2,1-3H3. The quantitative estimate of drug-likeness (QED) is 0.656. The predicted octanol–water partition coefficient (Wildman–Crippen LogP) is 2.79. The zero-order chi connectivity index (χ0) is 13.3. The molecule has 1 aliphatic carbocycles. The van der Waals surface area contributed by atoms with Gasteiger partial charge in [0, 0.05) is 7.05 Å². The molecule has 4 nitrogen and oxygen atoms in total. The van der Waals surface area contributed by atoms with Crippen molar-refractivity contribution in [3.63, 3.8) is 0 Å². The number of hydrogen-bond donors (Lipinski definition) is 2. The summed E-state index contributed by atoms with van der Waals surface area (Å²) in [7, 11) is 1.92. The minimum Gasteiger partial charge on any atom is -0.271 e. The molecule has 0 radical (unpaired) electrons. The second-order valence-electron chi connectivity index (χ2n) is 5.99. The van der Waals surface area contributed by atoms with Crippen molar-refractivity contribution in [1.29, 1.82) is 0 Å². The van der Waals surface area contributed by atoms with Crippen LogP contribution < -0.4 is 11.3 Å². The number of nitrogens with zero attached hydrogens (tertiary/aromatic N) is 2. The lowest BCUT2D eigenvalue weighted by molar-refractivity contribution is 0.0952. The van der Waals surface area contributed by atoms with Gasteiger partial charge in [0.2, 0.25) is 0 Å². The van der Waals surface area contributed by atoms with Gasteiger partial charge in [0.05, 0.1) is 23.0 Å². The highest BCUT2D eigenvalue weighted by molar-refractivity contribution is 6.31. The molecular weight excluding hydrogens is 248 g/mol. The third-order valence-electron chi connectivity index (χ3n) is 4.40. The highest BCUT2D eigenvalue weighted by Crippen LogP contribution is 2.47. The molecule has 1 aromatic heterocycles. The molecule has 1 aromatic rings. The van der Waals surface area contributed by atoms with E-state index in [9.17, 15) is 0 Å². The van der Waals surface area contributed by atoms with Crippen LogP contribution in [0.3, 0.4) is 0 Å². The first-order valence-electron chi connectivity index (χ1n) is 6.61. The minimum absolute atomic E-state index is 0.0697. The first kappa shape index (κ1) is 13.8. The first-order chi connectivity index (χ1) is 8.47. The number of nitrogens with two attached hydrogens (primary N) is 1. The van der Waals surface area contributed by atoms with E-state index < -0.39 is 0 Å². The van der Waals surface area contributed by atoms with Crippen LogP contribution in [0, 0.1) is 11.3 Å². The molecule has 1 fully saturated rings. The van der Waals surface area contributed by atoms with Crippen molar-refractivity contribution in [2.24, 2.45) is 24.2 Å². The fourth-order valence-electron chi connectivity index (χ4n) is 3.29. The zero-order valence-corrected chi connectivity index (χ0v) is 12.2. The molecule has 2 atom stereocenters. The number of halogens is 1. The third-order valence-corrected chi connectivity index (χ3v) is 4.70. The number of hydrazine groups is 1. The fourth-order valence-corrected chi connectivity index (χ4v) is 3.58. The highest BCUT2D eigenvalue weighted by Gasteiger charge is 2.39. The number of nitrogens with one attached hydrogen (secondary N) is 1. The molecule has 1 heterocycles. The molecule has 1 aliphatic rings. The number of aromatic nitrogens is 2. The van der Waals surface area contributed by atoms with Crippen LogP contribution in [-0.2, 0) is 7.05 Å². The van der Waals surface area contributed by atoms with Crippen molar-refractivity contribution in [2.45, 2.75) is 45.6 Å². The van der Waals surface area contributed by atoms with Gasteiger partial charge < -0.3 is 0 Å². The summed E-state index contributed by atoms with van der Waals surface area (Å²) in [6.07, 6.45) is 6.69. The number of hydrogen-bond acceptors (Lipinski definition) is 3. The summed E-state index contributed by atoms with van der Waals surface area (Å²) < 4.78 is 1.83. The van der Waals surface area contributed by atoms with E-state index >= 15 is 0 Å². The van der Waals surface area contributed by atoms with Crippen molar-refractivity contribution in [3.8, 4) is 0 Å². The van der Waals surface area contributed by atoms with Crippen molar-refractivity contribution in [3.05, 3.63) is 16.9 Å². The summed E-state index contributed by atoms with van der Waals surface area (Å²) in [5.74, 6) is 6.29. The lowest BCUT2D eigenvalue weighted by Crippen LogP contribution is -2.42. The van der Waals surface area contributed by atoms with Crippen molar-refractivity contribution < 1.29 is 0 Å². The van der Waals surface area contributed by atoms with Crippen molar-refractivity contribution in [2.75, 3.05) is 0 Å². The molecule has 5 heteroatoms. The van der Waals surface area contributed by atoms with Crippen LogP contribution in [0.5, 0.6) is 0 Å². The summed E-state index contributed by atoms with van der Waals surface area (Å²) in [6.45, 7) is 4.65. The fraction of sp³-hybridized carbons (Fsp3) is 0.769. The molecule has 2 rings (SSSR count). The van der Waals surface area contributed by atoms with Crippen LogP contribution in [0.25, 0.3) is 0 Å². The largest absolute Gasteiger partial charge is 0.271 e. The molecule has 0 spiro atoms. The van der Waals surface area contributed by atoms with Crippen molar-refractivity contribution >= 4 is 11.6 Å². The maximum absolute atomic E-state index is 6.25. The normalized spacial score (nSPS) is 25.1. The monoisotopic (exact) mass is 270 g/mol. The van der Waals surface area contributed by atoms with Gasteiger partial charge in [-0.1, -0.05) is 38.3 Å². The van der Waals surface area contributed by atoms with Gasteiger partial charge in [-0.25, -0.2) is 0 Å². The van der Waals surface area contributed by atoms with Crippen LogP contribution >= 0.6 is 11.6 Å². The van der Waals surface area contributed by atoms with E-state index in [0.717, 1.165) is 5.69 Å². The van der Waals surface area contributed by atoms with E-state index in [4.69, 9.17) is 17.4 Å². The summed E-state index contributed by atoms with van der Waals surface area (Å²) in [6, 6.07) is 0.0697. The van der Waals surface area contributed by atoms with Gasteiger partial charge in [-0.2, -0.15) is 5.10 Å². The Hall–Kier alpha value is -0.580. The Bertz CT molecular complexity index is 394. The van der Waals surface area contributed by atoms with Crippen LogP contribution in [-0.4, -0.2) is 9.78 Å². The van der Waals surface area contributed by atoms with E-state index in [1.54, 1.807) is 6.20 Å². The molecule has 0 saturated heterocycles. The first-order valence-corrected chi connectivity index (χ1v) is 6.98. The highest BCUT2D eigenvalue weighted by atomic mass is 35.5. The van der Waals surface area contributed by atoms with Crippen LogP contribution in [0.1, 0.15) is 51.3 Å². The van der Waals surface area contributed by atoms with Gasteiger partial charge in [0.1, 0.15) is 0 Å².